The predicted octanol–water partition coefficient (Wildman–Crippen LogP) is 0.584. The molecule has 6 heteroatoms. The van der Waals surface area contributed by atoms with Crippen LogP contribution in [0.3, 0.4) is 0 Å². The van der Waals surface area contributed by atoms with Crippen LogP contribution in [0.5, 0.6) is 0 Å². The summed E-state index contributed by atoms with van der Waals surface area (Å²) in [7, 11) is 1.82. The number of aromatic amines is 1. The van der Waals surface area contributed by atoms with Gasteiger partial charge in [0.2, 0.25) is 0 Å². The minimum atomic E-state index is -0.418. The molecular formula is C13H16N4O2. The molecule has 0 bridgehead atoms. The lowest BCUT2D eigenvalue weighted by molar-refractivity contribution is 0.694. The van der Waals surface area contributed by atoms with Crippen LogP contribution < -0.4 is 16.6 Å². The molecule has 0 atom stereocenters. The monoisotopic (exact) mass is 260 g/mol. The van der Waals surface area contributed by atoms with E-state index in [-0.39, 0.29) is 5.56 Å². The zero-order valence-electron chi connectivity index (χ0n) is 10.9. The molecule has 2 heterocycles. The standard InChI is InChI=1S/C13H16N4O2/c1-3-9-7-17(13(19)16-12(9)18)8-11-6-10(14-2)4-5-15-11/h4-7H,3,8H2,1-2H3,(H,14,15)(H,16,18,19). The number of hydrogen-bond acceptors (Lipinski definition) is 4. The molecule has 0 radical (unpaired) electrons. The first-order chi connectivity index (χ1) is 9.13. The maximum Gasteiger partial charge on any atom is 0.328 e. The second-order valence-corrected chi connectivity index (χ2v) is 4.18. The van der Waals surface area contributed by atoms with Gasteiger partial charge in [0.15, 0.2) is 0 Å². The predicted molar refractivity (Wildman–Crippen MR) is 73.6 cm³/mol. The second kappa shape index (κ2) is 5.51. The third kappa shape index (κ3) is 2.90. The molecule has 0 saturated carbocycles. The van der Waals surface area contributed by atoms with Crippen LogP contribution in [-0.4, -0.2) is 21.6 Å². The number of nitrogens with one attached hydrogen (secondary N) is 2. The van der Waals surface area contributed by atoms with E-state index in [0.717, 1.165) is 11.4 Å². The lowest BCUT2D eigenvalue weighted by Gasteiger charge is -2.07. The summed E-state index contributed by atoms with van der Waals surface area (Å²) in [6, 6.07) is 3.71. The number of aromatic nitrogens is 3. The van der Waals surface area contributed by atoms with Crippen molar-refractivity contribution in [1.82, 2.24) is 14.5 Å². The molecule has 0 aliphatic rings. The van der Waals surface area contributed by atoms with E-state index in [2.05, 4.69) is 15.3 Å². The molecule has 2 aromatic heterocycles. The van der Waals surface area contributed by atoms with Gasteiger partial charge in [-0.3, -0.25) is 19.3 Å². The van der Waals surface area contributed by atoms with Crippen molar-refractivity contribution in [3.05, 3.63) is 56.6 Å². The first kappa shape index (κ1) is 13.1. The second-order valence-electron chi connectivity index (χ2n) is 4.18. The van der Waals surface area contributed by atoms with Gasteiger partial charge < -0.3 is 5.32 Å². The van der Waals surface area contributed by atoms with E-state index in [4.69, 9.17) is 0 Å². The summed E-state index contributed by atoms with van der Waals surface area (Å²) in [6.07, 6.45) is 3.85. The summed E-state index contributed by atoms with van der Waals surface area (Å²) in [4.78, 5) is 29.7. The number of nitrogens with zero attached hydrogens (tertiary/aromatic N) is 2. The fourth-order valence-corrected chi connectivity index (χ4v) is 1.82. The largest absolute Gasteiger partial charge is 0.388 e. The van der Waals surface area contributed by atoms with E-state index in [9.17, 15) is 9.59 Å². The van der Waals surface area contributed by atoms with Gasteiger partial charge in [0.25, 0.3) is 5.56 Å². The lowest BCUT2D eigenvalue weighted by atomic mass is 10.2. The highest BCUT2D eigenvalue weighted by Crippen LogP contribution is 2.07. The number of pyridine rings is 1. The summed E-state index contributed by atoms with van der Waals surface area (Å²) in [5, 5.41) is 3.01. The van der Waals surface area contributed by atoms with Crippen LogP contribution in [0.4, 0.5) is 5.69 Å². The van der Waals surface area contributed by atoms with Crippen molar-refractivity contribution >= 4 is 5.69 Å². The van der Waals surface area contributed by atoms with Crippen molar-refractivity contribution in [2.75, 3.05) is 12.4 Å². The molecular weight excluding hydrogens is 244 g/mol. The van der Waals surface area contributed by atoms with E-state index >= 15 is 0 Å². The molecule has 6 nitrogen and oxygen atoms in total. The van der Waals surface area contributed by atoms with E-state index in [1.165, 1.54) is 4.57 Å². The van der Waals surface area contributed by atoms with E-state index in [1.54, 1.807) is 12.4 Å². The van der Waals surface area contributed by atoms with Gasteiger partial charge in [-0.25, -0.2) is 4.79 Å². The van der Waals surface area contributed by atoms with Gasteiger partial charge in [0.05, 0.1) is 12.2 Å². The quantitative estimate of drug-likeness (QED) is 0.843. The molecule has 19 heavy (non-hydrogen) atoms. The summed E-state index contributed by atoms with van der Waals surface area (Å²) >= 11 is 0. The minimum Gasteiger partial charge on any atom is -0.388 e. The highest BCUT2D eigenvalue weighted by molar-refractivity contribution is 5.42. The molecule has 0 spiro atoms. The van der Waals surface area contributed by atoms with Crippen molar-refractivity contribution in [2.24, 2.45) is 0 Å². The topological polar surface area (TPSA) is 79.8 Å². The number of anilines is 1. The zero-order valence-corrected chi connectivity index (χ0v) is 10.9. The SMILES string of the molecule is CCc1cn(Cc2cc(NC)ccn2)c(=O)[nH]c1=O. The summed E-state index contributed by atoms with van der Waals surface area (Å²) in [5.41, 5.74) is 1.53. The van der Waals surface area contributed by atoms with Crippen LogP contribution in [0.15, 0.2) is 34.1 Å². The highest BCUT2D eigenvalue weighted by Gasteiger charge is 2.04. The molecule has 0 aliphatic carbocycles. The Morgan fingerprint density at radius 1 is 1.42 bits per heavy atom. The summed E-state index contributed by atoms with van der Waals surface area (Å²) < 4.78 is 1.46. The van der Waals surface area contributed by atoms with Gasteiger partial charge in [0, 0.05) is 30.7 Å². The maximum atomic E-state index is 11.7. The lowest BCUT2D eigenvalue weighted by Crippen LogP contribution is -2.32. The van der Waals surface area contributed by atoms with Gasteiger partial charge >= 0.3 is 5.69 Å². The molecule has 100 valence electrons. The molecule has 0 aliphatic heterocycles. The third-order valence-corrected chi connectivity index (χ3v) is 2.90. The molecule has 0 amide bonds. The van der Waals surface area contributed by atoms with Crippen LogP contribution in [0.2, 0.25) is 0 Å². The third-order valence-electron chi connectivity index (χ3n) is 2.90. The first-order valence-corrected chi connectivity index (χ1v) is 6.09. The first-order valence-electron chi connectivity index (χ1n) is 6.09. The molecule has 0 unspecified atom stereocenters. The maximum absolute atomic E-state index is 11.7. The summed E-state index contributed by atoms with van der Waals surface area (Å²) in [6.45, 7) is 2.21. The molecule has 0 saturated heterocycles. The molecule has 2 rings (SSSR count). The van der Waals surface area contributed by atoms with Crippen LogP contribution in [-0.2, 0) is 13.0 Å². The van der Waals surface area contributed by atoms with E-state index < -0.39 is 5.69 Å². The Bertz CT molecular complexity index is 688. The Morgan fingerprint density at radius 2 is 2.21 bits per heavy atom. The fourth-order valence-electron chi connectivity index (χ4n) is 1.82. The van der Waals surface area contributed by atoms with Gasteiger partial charge in [-0.2, -0.15) is 0 Å². The molecule has 0 aromatic carbocycles. The van der Waals surface area contributed by atoms with E-state index in [1.807, 2.05) is 26.1 Å². The Morgan fingerprint density at radius 3 is 2.89 bits per heavy atom. The Hall–Kier alpha value is -2.37. The average molecular weight is 260 g/mol. The van der Waals surface area contributed by atoms with E-state index in [0.29, 0.717) is 18.5 Å². The highest BCUT2D eigenvalue weighted by atomic mass is 16.2. The van der Waals surface area contributed by atoms with Crippen LogP contribution in [0, 0.1) is 0 Å². The smallest absolute Gasteiger partial charge is 0.328 e. The number of rotatable bonds is 4. The average Bonchev–Trinajstić information content (AvgIpc) is 2.42. The van der Waals surface area contributed by atoms with Crippen molar-refractivity contribution < 1.29 is 0 Å². The van der Waals surface area contributed by atoms with Crippen molar-refractivity contribution in [1.29, 1.82) is 0 Å². The summed E-state index contributed by atoms with van der Waals surface area (Å²) in [5.74, 6) is 0. The van der Waals surface area contributed by atoms with Crippen molar-refractivity contribution in [2.45, 2.75) is 19.9 Å². The van der Waals surface area contributed by atoms with Crippen molar-refractivity contribution in [3.63, 3.8) is 0 Å². The zero-order chi connectivity index (χ0) is 13.8. The Labute approximate surface area is 110 Å². The van der Waals surface area contributed by atoms with Gasteiger partial charge in [-0.05, 0) is 18.6 Å². The van der Waals surface area contributed by atoms with Crippen LogP contribution in [0.1, 0.15) is 18.2 Å². The van der Waals surface area contributed by atoms with Gasteiger partial charge in [0.1, 0.15) is 0 Å². The van der Waals surface area contributed by atoms with Gasteiger partial charge in [-0.1, -0.05) is 6.92 Å². The fraction of sp³-hybridized carbons (Fsp3) is 0.308. The van der Waals surface area contributed by atoms with Gasteiger partial charge in [-0.15, -0.1) is 0 Å². The Balaban J connectivity index is 2.37. The van der Waals surface area contributed by atoms with Crippen LogP contribution in [0.25, 0.3) is 0 Å². The Kier molecular flexibility index (Phi) is 3.79. The molecule has 2 aromatic rings. The molecule has 0 fully saturated rings. The van der Waals surface area contributed by atoms with Crippen LogP contribution >= 0.6 is 0 Å². The normalized spacial score (nSPS) is 10.4. The number of aryl methyl sites for hydroxylation is 1. The number of H-pyrrole nitrogens is 1. The minimum absolute atomic E-state index is 0.319. The van der Waals surface area contributed by atoms with Crippen molar-refractivity contribution in [3.8, 4) is 0 Å². The molecule has 2 N–H and O–H groups in total. The number of hydrogen-bond donors (Lipinski definition) is 2.